The highest BCUT2D eigenvalue weighted by atomic mass is 35.5. The van der Waals surface area contributed by atoms with Gasteiger partial charge in [0.05, 0.1) is 5.02 Å². The first-order valence-electron chi connectivity index (χ1n) is 4.09. The van der Waals surface area contributed by atoms with Gasteiger partial charge in [-0.05, 0) is 12.1 Å². The number of halogens is 2. The summed E-state index contributed by atoms with van der Waals surface area (Å²) in [5.74, 6) is 0.721. The zero-order valence-electron chi connectivity index (χ0n) is 6.94. The Morgan fingerprint density at radius 3 is 2.85 bits per heavy atom. The quantitative estimate of drug-likeness (QED) is 0.722. The van der Waals surface area contributed by atoms with E-state index >= 15 is 0 Å². The normalized spacial score (nSPS) is 15.8. The summed E-state index contributed by atoms with van der Waals surface area (Å²) in [4.78, 5) is 0. The Morgan fingerprint density at radius 1 is 1.23 bits per heavy atom. The lowest BCUT2D eigenvalue weighted by Gasteiger charge is -2.09. The minimum atomic E-state index is 0.628. The number of ether oxygens (including phenoxy) is 1. The molecule has 0 radical (unpaired) electrons. The fraction of sp³-hybridized carbons (Fsp3) is 0.333. The van der Waals surface area contributed by atoms with E-state index < -0.39 is 0 Å². The Kier molecular flexibility index (Phi) is 2.63. The van der Waals surface area contributed by atoms with Crippen molar-refractivity contribution >= 4 is 23.2 Å². The van der Waals surface area contributed by atoms with E-state index in [0.29, 0.717) is 23.2 Å². The molecule has 1 aromatic carbocycles. The molecule has 1 N–H and O–H groups in total. The zero-order valence-corrected chi connectivity index (χ0v) is 8.45. The van der Waals surface area contributed by atoms with Gasteiger partial charge in [-0.15, -0.1) is 0 Å². The van der Waals surface area contributed by atoms with Crippen LogP contribution < -0.4 is 10.1 Å². The standard InChI is InChI=1S/C9H9Cl2NO/c10-7-1-2-8(11)9-6(7)5-12-3-4-13-9/h1-2,12H,3-5H2. The molecule has 1 aromatic rings. The zero-order chi connectivity index (χ0) is 9.26. The molecule has 0 bridgehead atoms. The van der Waals surface area contributed by atoms with Gasteiger partial charge in [0.15, 0.2) is 0 Å². The molecule has 0 unspecified atom stereocenters. The van der Waals surface area contributed by atoms with Gasteiger partial charge in [0.1, 0.15) is 12.4 Å². The van der Waals surface area contributed by atoms with Gasteiger partial charge in [-0.1, -0.05) is 23.2 Å². The van der Waals surface area contributed by atoms with Crippen LogP contribution >= 0.6 is 23.2 Å². The smallest absolute Gasteiger partial charge is 0.143 e. The van der Waals surface area contributed by atoms with Crippen molar-refractivity contribution in [3.63, 3.8) is 0 Å². The van der Waals surface area contributed by atoms with E-state index in [1.165, 1.54) is 0 Å². The van der Waals surface area contributed by atoms with E-state index in [0.717, 1.165) is 17.9 Å². The van der Waals surface area contributed by atoms with Gasteiger partial charge in [0.2, 0.25) is 0 Å². The summed E-state index contributed by atoms with van der Waals surface area (Å²) in [6, 6.07) is 3.55. The van der Waals surface area contributed by atoms with Crippen LogP contribution in [0, 0.1) is 0 Å². The average Bonchev–Trinajstić information content (AvgIpc) is 2.37. The maximum Gasteiger partial charge on any atom is 0.143 e. The second kappa shape index (κ2) is 3.74. The SMILES string of the molecule is Clc1ccc(Cl)c2c1CNCCO2. The molecule has 1 aliphatic rings. The third-order valence-electron chi connectivity index (χ3n) is 1.98. The highest BCUT2D eigenvalue weighted by Gasteiger charge is 2.14. The maximum absolute atomic E-state index is 6.01. The lowest BCUT2D eigenvalue weighted by Crippen LogP contribution is -2.16. The minimum absolute atomic E-state index is 0.628. The lowest BCUT2D eigenvalue weighted by molar-refractivity contribution is 0.326. The van der Waals surface area contributed by atoms with Crippen LogP contribution in [-0.4, -0.2) is 13.2 Å². The Balaban J connectivity index is 2.50. The van der Waals surface area contributed by atoms with Gasteiger partial charge in [-0.2, -0.15) is 0 Å². The molecule has 0 atom stereocenters. The molecule has 1 heterocycles. The summed E-state index contributed by atoms with van der Waals surface area (Å²) in [7, 11) is 0. The maximum atomic E-state index is 6.01. The van der Waals surface area contributed by atoms with Gasteiger partial charge in [-0.25, -0.2) is 0 Å². The monoisotopic (exact) mass is 217 g/mol. The second-order valence-electron chi connectivity index (χ2n) is 2.86. The summed E-state index contributed by atoms with van der Waals surface area (Å²) < 4.78 is 5.48. The fourth-order valence-electron chi connectivity index (χ4n) is 1.33. The lowest BCUT2D eigenvalue weighted by atomic mass is 10.2. The van der Waals surface area contributed by atoms with Crippen molar-refractivity contribution in [1.82, 2.24) is 5.32 Å². The number of benzene rings is 1. The van der Waals surface area contributed by atoms with Crippen LogP contribution in [0.4, 0.5) is 0 Å². The van der Waals surface area contributed by atoms with E-state index in [1.54, 1.807) is 12.1 Å². The summed E-state index contributed by atoms with van der Waals surface area (Å²) in [6.45, 7) is 2.17. The van der Waals surface area contributed by atoms with Crippen LogP contribution in [-0.2, 0) is 6.54 Å². The van der Waals surface area contributed by atoms with Crippen LogP contribution in [0.15, 0.2) is 12.1 Å². The van der Waals surface area contributed by atoms with Gasteiger partial charge >= 0.3 is 0 Å². The third-order valence-corrected chi connectivity index (χ3v) is 2.63. The summed E-state index contributed by atoms with van der Waals surface area (Å²) >= 11 is 12.0. The first-order valence-corrected chi connectivity index (χ1v) is 4.85. The fourth-order valence-corrected chi connectivity index (χ4v) is 1.78. The molecule has 0 spiro atoms. The number of hydrogen-bond donors (Lipinski definition) is 1. The number of hydrogen-bond acceptors (Lipinski definition) is 2. The Hall–Kier alpha value is -0.440. The Labute approximate surface area is 86.8 Å². The third kappa shape index (κ3) is 1.75. The molecule has 70 valence electrons. The largest absolute Gasteiger partial charge is 0.490 e. The van der Waals surface area contributed by atoms with E-state index in [1.807, 2.05) is 0 Å². The summed E-state index contributed by atoms with van der Waals surface area (Å²) in [5.41, 5.74) is 0.951. The van der Waals surface area contributed by atoms with E-state index in [-0.39, 0.29) is 0 Å². The molecule has 0 aromatic heterocycles. The van der Waals surface area contributed by atoms with Gasteiger partial charge in [0.25, 0.3) is 0 Å². The molecule has 0 aliphatic carbocycles. The van der Waals surface area contributed by atoms with Gasteiger partial charge < -0.3 is 10.1 Å². The predicted molar refractivity (Wildman–Crippen MR) is 53.7 cm³/mol. The van der Waals surface area contributed by atoms with Crippen LogP contribution in [0.5, 0.6) is 5.75 Å². The number of fused-ring (bicyclic) bond motifs is 1. The van der Waals surface area contributed by atoms with Crippen LogP contribution in [0.1, 0.15) is 5.56 Å². The van der Waals surface area contributed by atoms with Crippen molar-refractivity contribution in [3.8, 4) is 5.75 Å². The molecule has 0 fully saturated rings. The van der Waals surface area contributed by atoms with Crippen LogP contribution in [0.25, 0.3) is 0 Å². The van der Waals surface area contributed by atoms with Crippen LogP contribution in [0.3, 0.4) is 0 Å². The molecule has 2 nitrogen and oxygen atoms in total. The number of nitrogens with one attached hydrogen (secondary N) is 1. The summed E-state index contributed by atoms with van der Waals surface area (Å²) in [6.07, 6.45) is 0. The van der Waals surface area contributed by atoms with Crippen molar-refractivity contribution in [3.05, 3.63) is 27.7 Å². The summed E-state index contributed by atoms with van der Waals surface area (Å²) in [5, 5.41) is 4.53. The minimum Gasteiger partial charge on any atom is -0.490 e. The van der Waals surface area contributed by atoms with Crippen molar-refractivity contribution in [2.75, 3.05) is 13.2 Å². The molecule has 1 aliphatic heterocycles. The van der Waals surface area contributed by atoms with Crippen molar-refractivity contribution in [1.29, 1.82) is 0 Å². The first kappa shape index (κ1) is 9.13. The molecular weight excluding hydrogens is 209 g/mol. The molecule has 0 saturated heterocycles. The van der Waals surface area contributed by atoms with Crippen molar-refractivity contribution in [2.45, 2.75) is 6.54 Å². The molecule has 13 heavy (non-hydrogen) atoms. The van der Waals surface area contributed by atoms with Crippen molar-refractivity contribution in [2.24, 2.45) is 0 Å². The van der Waals surface area contributed by atoms with Crippen molar-refractivity contribution < 1.29 is 4.74 Å². The van der Waals surface area contributed by atoms with Gasteiger partial charge in [0, 0.05) is 23.7 Å². The highest BCUT2D eigenvalue weighted by molar-refractivity contribution is 6.34. The molecule has 0 amide bonds. The van der Waals surface area contributed by atoms with Crippen LogP contribution in [0.2, 0.25) is 10.0 Å². The molecule has 4 heteroatoms. The molecular formula is C9H9Cl2NO. The average molecular weight is 218 g/mol. The molecule has 2 rings (SSSR count). The Morgan fingerprint density at radius 2 is 2.00 bits per heavy atom. The van der Waals surface area contributed by atoms with E-state index in [2.05, 4.69) is 5.32 Å². The number of rotatable bonds is 0. The second-order valence-corrected chi connectivity index (χ2v) is 3.68. The predicted octanol–water partition coefficient (Wildman–Crippen LogP) is 2.48. The van der Waals surface area contributed by atoms with E-state index in [9.17, 15) is 0 Å². The van der Waals surface area contributed by atoms with E-state index in [4.69, 9.17) is 27.9 Å². The van der Waals surface area contributed by atoms with Gasteiger partial charge in [-0.3, -0.25) is 0 Å². The topological polar surface area (TPSA) is 21.3 Å². The molecule has 0 saturated carbocycles. The highest BCUT2D eigenvalue weighted by Crippen LogP contribution is 2.34. The Bertz CT molecular complexity index is 297. The first-order chi connectivity index (χ1) is 6.29.